The average Bonchev–Trinajstić information content (AvgIpc) is 3.07. The van der Waals surface area contributed by atoms with E-state index in [4.69, 9.17) is 23.2 Å². The molecule has 0 saturated heterocycles. The fourth-order valence-electron chi connectivity index (χ4n) is 1.93. The van der Waals surface area contributed by atoms with Gasteiger partial charge in [0.05, 0.1) is 16.1 Å². The standard InChI is InChI=1S/C13H16Cl2O/c14-11-7-4-9(8-12(11)15)2-1-3-13(16)10-5-6-10/h4,7-8,10,13,16H,1-3,5-6H2. The number of aryl methyl sites for hydroxylation is 1. The van der Waals surface area contributed by atoms with Crippen molar-refractivity contribution in [3.8, 4) is 0 Å². The average molecular weight is 259 g/mol. The number of benzene rings is 1. The van der Waals surface area contributed by atoms with Gasteiger partial charge in [0.1, 0.15) is 0 Å². The van der Waals surface area contributed by atoms with Crippen LogP contribution in [-0.4, -0.2) is 11.2 Å². The zero-order chi connectivity index (χ0) is 11.5. The van der Waals surface area contributed by atoms with E-state index < -0.39 is 0 Å². The summed E-state index contributed by atoms with van der Waals surface area (Å²) in [7, 11) is 0. The monoisotopic (exact) mass is 258 g/mol. The van der Waals surface area contributed by atoms with Crippen molar-refractivity contribution in [1.82, 2.24) is 0 Å². The highest BCUT2D eigenvalue weighted by molar-refractivity contribution is 6.42. The molecule has 0 radical (unpaired) electrons. The minimum Gasteiger partial charge on any atom is -0.393 e. The molecule has 1 aromatic rings. The number of hydrogen-bond acceptors (Lipinski definition) is 1. The molecule has 88 valence electrons. The third kappa shape index (κ3) is 3.38. The van der Waals surface area contributed by atoms with E-state index in [0.29, 0.717) is 16.0 Å². The minimum absolute atomic E-state index is 0.0947. The molecule has 1 unspecified atom stereocenters. The lowest BCUT2D eigenvalue weighted by atomic mass is 10.0. The van der Waals surface area contributed by atoms with Crippen LogP contribution >= 0.6 is 23.2 Å². The van der Waals surface area contributed by atoms with Gasteiger partial charge in [-0.2, -0.15) is 0 Å². The van der Waals surface area contributed by atoms with Gasteiger partial charge in [-0.1, -0.05) is 29.3 Å². The Hall–Kier alpha value is -0.240. The second-order valence-corrected chi connectivity index (χ2v) is 5.36. The van der Waals surface area contributed by atoms with E-state index in [-0.39, 0.29) is 6.10 Å². The van der Waals surface area contributed by atoms with E-state index in [1.165, 1.54) is 18.4 Å². The van der Waals surface area contributed by atoms with Crippen LogP contribution in [0.25, 0.3) is 0 Å². The fourth-order valence-corrected chi connectivity index (χ4v) is 2.25. The van der Waals surface area contributed by atoms with Crippen LogP contribution in [0, 0.1) is 5.92 Å². The molecule has 0 heterocycles. The Morgan fingerprint density at radius 1 is 1.25 bits per heavy atom. The van der Waals surface area contributed by atoms with Gasteiger partial charge in [0.15, 0.2) is 0 Å². The van der Waals surface area contributed by atoms with Crippen LogP contribution in [0.3, 0.4) is 0 Å². The molecule has 1 fully saturated rings. The molecule has 1 aromatic carbocycles. The molecule has 0 bridgehead atoms. The van der Waals surface area contributed by atoms with Crippen molar-refractivity contribution in [2.75, 3.05) is 0 Å². The Morgan fingerprint density at radius 2 is 2.00 bits per heavy atom. The molecule has 1 aliphatic rings. The molecule has 0 spiro atoms. The highest BCUT2D eigenvalue weighted by Gasteiger charge is 2.28. The molecule has 0 amide bonds. The predicted octanol–water partition coefficient (Wildman–Crippen LogP) is 4.09. The Kier molecular flexibility index (Phi) is 4.12. The lowest BCUT2D eigenvalue weighted by Gasteiger charge is -2.08. The summed E-state index contributed by atoms with van der Waals surface area (Å²) in [6.07, 6.45) is 5.17. The zero-order valence-corrected chi connectivity index (χ0v) is 10.6. The largest absolute Gasteiger partial charge is 0.393 e. The first-order valence-corrected chi connectivity index (χ1v) is 6.54. The Morgan fingerprint density at radius 3 is 2.62 bits per heavy atom. The van der Waals surface area contributed by atoms with Crippen LogP contribution in [0.4, 0.5) is 0 Å². The third-order valence-corrected chi connectivity index (χ3v) is 3.85. The molecule has 0 aliphatic heterocycles. The molecule has 3 heteroatoms. The number of rotatable bonds is 5. The van der Waals surface area contributed by atoms with Crippen LogP contribution in [0.15, 0.2) is 18.2 Å². The minimum atomic E-state index is -0.0947. The highest BCUT2D eigenvalue weighted by atomic mass is 35.5. The lowest BCUT2D eigenvalue weighted by molar-refractivity contribution is 0.139. The van der Waals surface area contributed by atoms with Crippen molar-refractivity contribution >= 4 is 23.2 Å². The van der Waals surface area contributed by atoms with Crippen LogP contribution in [-0.2, 0) is 6.42 Å². The first-order chi connectivity index (χ1) is 7.66. The van der Waals surface area contributed by atoms with Gasteiger partial charge in [0.2, 0.25) is 0 Å². The van der Waals surface area contributed by atoms with Crippen molar-refractivity contribution in [2.24, 2.45) is 5.92 Å². The maximum atomic E-state index is 9.72. The van der Waals surface area contributed by atoms with Crippen molar-refractivity contribution in [2.45, 2.75) is 38.2 Å². The molecule has 0 aromatic heterocycles. The summed E-state index contributed by atoms with van der Waals surface area (Å²) in [6, 6.07) is 5.74. The molecular formula is C13H16Cl2O. The number of halogens is 2. The van der Waals surface area contributed by atoms with Crippen LogP contribution < -0.4 is 0 Å². The van der Waals surface area contributed by atoms with Crippen molar-refractivity contribution in [3.05, 3.63) is 33.8 Å². The van der Waals surface area contributed by atoms with Gasteiger partial charge in [-0.05, 0) is 55.7 Å². The van der Waals surface area contributed by atoms with E-state index >= 15 is 0 Å². The fraction of sp³-hybridized carbons (Fsp3) is 0.538. The maximum absolute atomic E-state index is 9.72. The summed E-state index contributed by atoms with van der Waals surface area (Å²) >= 11 is 11.8. The highest BCUT2D eigenvalue weighted by Crippen LogP contribution is 2.34. The van der Waals surface area contributed by atoms with Gasteiger partial charge in [0.25, 0.3) is 0 Å². The third-order valence-electron chi connectivity index (χ3n) is 3.12. The molecule has 1 nitrogen and oxygen atoms in total. The summed E-state index contributed by atoms with van der Waals surface area (Å²) in [5.41, 5.74) is 1.19. The second-order valence-electron chi connectivity index (χ2n) is 4.55. The lowest BCUT2D eigenvalue weighted by Crippen LogP contribution is -2.08. The van der Waals surface area contributed by atoms with Crippen LogP contribution in [0.2, 0.25) is 10.0 Å². The van der Waals surface area contributed by atoms with Crippen molar-refractivity contribution in [1.29, 1.82) is 0 Å². The summed E-state index contributed by atoms with van der Waals surface area (Å²) in [5, 5.41) is 10.9. The summed E-state index contributed by atoms with van der Waals surface area (Å²) in [6.45, 7) is 0. The molecule has 1 N–H and O–H groups in total. The smallest absolute Gasteiger partial charge is 0.0595 e. The van der Waals surface area contributed by atoms with Gasteiger partial charge in [0, 0.05) is 0 Å². The van der Waals surface area contributed by atoms with Gasteiger partial charge >= 0.3 is 0 Å². The van der Waals surface area contributed by atoms with E-state index in [1.807, 2.05) is 18.2 Å². The zero-order valence-electron chi connectivity index (χ0n) is 9.13. The molecule has 16 heavy (non-hydrogen) atoms. The number of hydrogen-bond donors (Lipinski definition) is 1. The SMILES string of the molecule is OC(CCCc1ccc(Cl)c(Cl)c1)C1CC1. The van der Waals surface area contributed by atoms with Gasteiger partial charge < -0.3 is 5.11 Å². The molecular weight excluding hydrogens is 243 g/mol. The topological polar surface area (TPSA) is 20.2 Å². The first-order valence-electron chi connectivity index (χ1n) is 5.79. The molecule has 1 saturated carbocycles. The Labute approximate surface area is 106 Å². The van der Waals surface area contributed by atoms with Crippen LogP contribution in [0.5, 0.6) is 0 Å². The van der Waals surface area contributed by atoms with Crippen molar-refractivity contribution < 1.29 is 5.11 Å². The second kappa shape index (κ2) is 5.39. The van der Waals surface area contributed by atoms with E-state index in [2.05, 4.69) is 0 Å². The van der Waals surface area contributed by atoms with Gasteiger partial charge in [-0.3, -0.25) is 0 Å². The van der Waals surface area contributed by atoms with E-state index in [1.54, 1.807) is 0 Å². The van der Waals surface area contributed by atoms with Crippen LogP contribution in [0.1, 0.15) is 31.2 Å². The maximum Gasteiger partial charge on any atom is 0.0595 e. The summed E-state index contributed by atoms with van der Waals surface area (Å²) in [4.78, 5) is 0. The summed E-state index contributed by atoms with van der Waals surface area (Å²) < 4.78 is 0. The van der Waals surface area contributed by atoms with Crippen molar-refractivity contribution in [3.63, 3.8) is 0 Å². The first kappa shape index (κ1) is 12.2. The predicted molar refractivity (Wildman–Crippen MR) is 68.1 cm³/mol. The number of aliphatic hydroxyl groups excluding tert-OH is 1. The Balaban J connectivity index is 1.78. The molecule has 1 atom stereocenters. The summed E-state index contributed by atoms with van der Waals surface area (Å²) in [5.74, 6) is 0.578. The van der Waals surface area contributed by atoms with E-state index in [0.717, 1.165) is 19.3 Å². The van der Waals surface area contributed by atoms with Gasteiger partial charge in [-0.15, -0.1) is 0 Å². The van der Waals surface area contributed by atoms with E-state index in [9.17, 15) is 5.11 Å². The van der Waals surface area contributed by atoms with Gasteiger partial charge in [-0.25, -0.2) is 0 Å². The Bertz CT molecular complexity index is 361. The molecule has 2 rings (SSSR count). The molecule has 1 aliphatic carbocycles. The quantitative estimate of drug-likeness (QED) is 0.844. The number of aliphatic hydroxyl groups is 1. The normalized spacial score (nSPS) is 17.4.